The zero-order chi connectivity index (χ0) is 21.6. The third kappa shape index (κ3) is 4.61. The van der Waals surface area contributed by atoms with Gasteiger partial charge >= 0.3 is 0 Å². The van der Waals surface area contributed by atoms with Crippen LogP contribution in [-0.4, -0.2) is 45.5 Å². The largest absolute Gasteiger partial charge is 0.493 e. The lowest BCUT2D eigenvalue weighted by molar-refractivity contribution is 0.0942. The number of fused-ring (bicyclic) bond motifs is 1. The summed E-state index contributed by atoms with van der Waals surface area (Å²) < 4.78 is 26.2. The van der Waals surface area contributed by atoms with Crippen LogP contribution in [-0.2, 0) is 0 Å². The number of carbonyl (C=O) groups is 1. The van der Waals surface area contributed by atoms with Gasteiger partial charge < -0.3 is 14.8 Å². The topological polar surface area (TPSA) is 90.6 Å². The molecule has 0 aliphatic carbocycles. The van der Waals surface area contributed by atoms with Gasteiger partial charge in [0.25, 0.3) is 5.91 Å². The van der Waals surface area contributed by atoms with Crippen molar-refractivity contribution in [1.29, 1.82) is 0 Å². The van der Waals surface area contributed by atoms with Crippen molar-refractivity contribution in [1.82, 2.24) is 25.1 Å². The lowest BCUT2D eigenvalue weighted by Crippen LogP contribution is -2.28. The fourth-order valence-corrected chi connectivity index (χ4v) is 3.01. The third-order valence-electron chi connectivity index (χ3n) is 4.39. The van der Waals surface area contributed by atoms with Crippen LogP contribution in [0.1, 0.15) is 17.3 Å². The lowest BCUT2D eigenvalue weighted by atomic mass is 10.2. The van der Waals surface area contributed by atoms with Crippen molar-refractivity contribution in [3.8, 4) is 23.0 Å². The molecule has 0 bridgehead atoms. The van der Waals surface area contributed by atoms with E-state index in [0.29, 0.717) is 40.8 Å². The van der Waals surface area contributed by atoms with E-state index in [0.717, 1.165) is 0 Å². The van der Waals surface area contributed by atoms with Crippen molar-refractivity contribution >= 4 is 11.6 Å². The maximum Gasteiger partial charge on any atom is 0.255 e. The molecule has 0 atom stereocenters. The molecular formula is C22H20FN5O3. The van der Waals surface area contributed by atoms with Crippen LogP contribution < -0.4 is 14.8 Å². The molecule has 0 unspecified atom stereocenters. The van der Waals surface area contributed by atoms with Crippen LogP contribution in [0.3, 0.4) is 0 Å². The first-order valence-electron chi connectivity index (χ1n) is 9.77. The molecule has 158 valence electrons. The summed E-state index contributed by atoms with van der Waals surface area (Å²) in [4.78, 5) is 12.4. The third-order valence-corrected chi connectivity index (χ3v) is 4.39. The number of carbonyl (C=O) groups excluding carboxylic acids is 1. The summed E-state index contributed by atoms with van der Waals surface area (Å²) in [5.41, 5.74) is 1.53. The van der Waals surface area contributed by atoms with Crippen LogP contribution in [0.4, 0.5) is 4.39 Å². The second-order valence-electron chi connectivity index (χ2n) is 6.51. The molecule has 0 aliphatic heterocycles. The van der Waals surface area contributed by atoms with Crippen molar-refractivity contribution < 1.29 is 18.7 Å². The van der Waals surface area contributed by atoms with Crippen LogP contribution in [0.2, 0.25) is 0 Å². The highest BCUT2D eigenvalue weighted by Crippen LogP contribution is 2.20. The van der Waals surface area contributed by atoms with Gasteiger partial charge in [0.1, 0.15) is 18.2 Å². The van der Waals surface area contributed by atoms with Gasteiger partial charge in [-0.3, -0.25) is 4.79 Å². The molecule has 31 heavy (non-hydrogen) atoms. The zero-order valence-corrected chi connectivity index (χ0v) is 16.8. The molecule has 0 saturated carbocycles. The van der Waals surface area contributed by atoms with Crippen LogP contribution in [0.25, 0.3) is 17.0 Å². The first-order chi connectivity index (χ1) is 15.2. The van der Waals surface area contributed by atoms with E-state index in [1.165, 1.54) is 16.6 Å². The van der Waals surface area contributed by atoms with E-state index in [-0.39, 0.29) is 24.9 Å². The number of amides is 1. The van der Waals surface area contributed by atoms with E-state index >= 15 is 0 Å². The van der Waals surface area contributed by atoms with Crippen molar-refractivity contribution in [2.75, 3.05) is 19.8 Å². The number of aromatic nitrogens is 4. The Labute approximate surface area is 177 Å². The fraction of sp³-hybridized carbons (Fsp3) is 0.182. The van der Waals surface area contributed by atoms with Crippen molar-refractivity contribution in [2.24, 2.45) is 0 Å². The Hall–Kier alpha value is -4.01. The predicted molar refractivity (Wildman–Crippen MR) is 112 cm³/mol. The highest BCUT2D eigenvalue weighted by molar-refractivity contribution is 5.96. The quantitative estimate of drug-likeness (QED) is 0.440. The standard InChI is InChI=1S/C22H20FN5O3/c1-2-30-18-9-4-3-8-17(18)22(29)24-12-13-31-20-11-10-19-25-26-21(28(19)27-20)15-6-5-7-16(23)14-15/h3-11,14H,2,12-13H2,1H3,(H,24,29). The van der Waals surface area contributed by atoms with Gasteiger partial charge in [0.2, 0.25) is 5.88 Å². The maximum absolute atomic E-state index is 13.6. The Balaban J connectivity index is 1.40. The second-order valence-corrected chi connectivity index (χ2v) is 6.51. The number of nitrogens with one attached hydrogen (secondary N) is 1. The summed E-state index contributed by atoms with van der Waals surface area (Å²) in [5.74, 6) is 0.647. The van der Waals surface area contributed by atoms with E-state index in [9.17, 15) is 9.18 Å². The van der Waals surface area contributed by atoms with E-state index in [4.69, 9.17) is 9.47 Å². The summed E-state index contributed by atoms with van der Waals surface area (Å²) >= 11 is 0. The zero-order valence-electron chi connectivity index (χ0n) is 16.8. The summed E-state index contributed by atoms with van der Waals surface area (Å²) in [6.45, 7) is 2.82. The average molecular weight is 421 g/mol. The Kier molecular flexibility index (Phi) is 6.02. The highest BCUT2D eigenvalue weighted by Gasteiger charge is 2.13. The maximum atomic E-state index is 13.6. The number of hydrogen-bond acceptors (Lipinski definition) is 6. The first kappa shape index (κ1) is 20.3. The minimum Gasteiger partial charge on any atom is -0.493 e. The molecular weight excluding hydrogens is 401 g/mol. The Morgan fingerprint density at radius 2 is 1.94 bits per heavy atom. The van der Waals surface area contributed by atoms with Gasteiger partial charge in [-0.2, -0.15) is 4.52 Å². The van der Waals surface area contributed by atoms with Crippen LogP contribution >= 0.6 is 0 Å². The summed E-state index contributed by atoms with van der Waals surface area (Å²) in [6, 6.07) is 16.5. The minimum atomic E-state index is -0.372. The predicted octanol–water partition coefficient (Wildman–Crippen LogP) is 3.14. The number of hydrogen-bond donors (Lipinski definition) is 1. The first-order valence-corrected chi connectivity index (χ1v) is 9.77. The second kappa shape index (κ2) is 9.21. The van der Waals surface area contributed by atoms with E-state index in [1.54, 1.807) is 42.5 Å². The summed E-state index contributed by atoms with van der Waals surface area (Å²) in [5, 5.41) is 15.3. The number of benzene rings is 2. The number of rotatable bonds is 8. The van der Waals surface area contributed by atoms with Gasteiger partial charge in [-0.1, -0.05) is 24.3 Å². The fourth-order valence-electron chi connectivity index (χ4n) is 3.01. The Morgan fingerprint density at radius 1 is 1.06 bits per heavy atom. The SMILES string of the molecule is CCOc1ccccc1C(=O)NCCOc1ccc2nnc(-c3cccc(F)c3)n2n1. The molecule has 4 rings (SSSR count). The van der Waals surface area contributed by atoms with Crippen molar-refractivity contribution in [2.45, 2.75) is 6.92 Å². The molecule has 1 N–H and O–H groups in total. The van der Waals surface area contributed by atoms with E-state index in [2.05, 4.69) is 20.6 Å². The number of para-hydroxylation sites is 1. The lowest BCUT2D eigenvalue weighted by Gasteiger charge is -2.11. The Bertz CT molecular complexity index is 1210. The van der Waals surface area contributed by atoms with Crippen LogP contribution in [0, 0.1) is 5.82 Å². The molecule has 9 heteroatoms. The van der Waals surface area contributed by atoms with Crippen molar-refractivity contribution in [3.05, 3.63) is 72.0 Å². The minimum absolute atomic E-state index is 0.207. The number of halogens is 1. The molecule has 8 nitrogen and oxygen atoms in total. The van der Waals surface area contributed by atoms with Gasteiger partial charge in [0.05, 0.1) is 18.7 Å². The van der Waals surface area contributed by atoms with Gasteiger partial charge in [-0.05, 0) is 37.3 Å². The number of ether oxygens (including phenoxy) is 2. The normalized spacial score (nSPS) is 10.8. The summed E-state index contributed by atoms with van der Waals surface area (Å²) in [6.07, 6.45) is 0. The molecule has 1 amide bonds. The Morgan fingerprint density at radius 3 is 2.77 bits per heavy atom. The molecule has 0 fully saturated rings. The van der Waals surface area contributed by atoms with Crippen molar-refractivity contribution in [3.63, 3.8) is 0 Å². The molecule has 0 saturated heterocycles. The van der Waals surface area contributed by atoms with Crippen LogP contribution in [0.15, 0.2) is 60.7 Å². The molecule has 0 aliphatic rings. The average Bonchev–Trinajstić information content (AvgIpc) is 3.20. The van der Waals surface area contributed by atoms with Gasteiger partial charge in [0, 0.05) is 11.6 Å². The van der Waals surface area contributed by atoms with E-state index in [1.807, 2.05) is 13.0 Å². The molecule has 2 heterocycles. The highest BCUT2D eigenvalue weighted by atomic mass is 19.1. The van der Waals surface area contributed by atoms with Gasteiger partial charge in [-0.15, -0.1) is 15.3 Å². The van der Waals surface area contributed by atoms with Gasteiger partial charge in [0.15, 0.2) is 11.5 Å². The van der Waals surface area contributed by atoms with E-state index < -0.39 is 0 Å². The smallest absolute Gasteiger partial charge is 0.255 e. The molecule has 2 aromatic heterocycles. The summed E-state index contributed by atoms with van der Waals surface area (Å²) in [7, 11) is 0. The molecule has 4 aromatic rings. The molecule has 0 spiro atoms. The van der Waals surface area contributed by atoms with Gasteiger partial charge in [-0.25, -0.2) is 4.39 Å². The monoisotopic (exact) mass is 421 g/mol. The van der Waals surface area contributed by atoms with Crippen LogP contribution in [0.5, 0.6) is 11.6 Å². The number of nitrogens with zero attached hydrogens (tertiary/aromatic N) is 4. The molecule has 0 radical (unpaired) electrons. The molecule has 2 aromatic carbocycles.